The summed E-state index contributed by atoms with van der Waals surface area (Å²) in [4.78, 5) is 6.42. The number of anilines is 1. The molecule has 2 rings (SSSR count). The van der Waals surface area contributed by atoms with E-state index in [1.165, 1.54) is 12.1 Å². The Morgan fingerprint density at radius 1 is 1.59 bits per heavy atom. The van der Waals surface area contributed by atoms with Gasteiger partial charge >= 0.3 is 0 Å². The molecule has 0 radical (unpaired) electrons. The summed E-state index contributed by atoms with van der Waals surface area (Å²) in [6.45, 7) is 2.60. The first-order valence-electron chi connectivity index (χ1n) is 6.17. The molecule has 17 heavy (non-hydrogen) atoms. The maximum atomic E-state index is 5.45. The fourth-order valence-electron chi connectivity index (χ4n) is 2.16. The van der Waals surface area contributed by atoms with Crippen molar-refractivity contribution in [1.82, 2.24) is 14.9 Å². The summed E-state index contributed by atoms with van der Waals surface area (Å²) in [5, 5.41) is 3.53. The molecule has 0 aliphatic carbocycles. The predicted molar refractivity (Wildman–Crippen MR) is 68.2 cm³/mol. The number of rotatable bonds is 4. The Balaban J connectivity index is 1.90. The molecule has 1 N–H and O–H groups in total. The highest BCUT2D eigenvalue weighted by Gasteiger charge is 2.14. The van der Waals surface area contributed by atoms with Gasteiger partial charge in [0.1, 0.15) is 0 Å². The van der Waals surface area contributed by atoms with Crippen LogP contribution in [0, 0.1) is 0 Å². The number of hydrogen-bond donors (Lipinski definition) is 1. The van der Waals surface area contributed by atoms with Crippen LogP contribution < -0.4 is 10.2 Å². The largest absolute Gasteiger partial charge is 0.380 e. The van der Waals surface area contributed by atoms with Crippen molar-refractivity contribution in [3.63, 3.8) is 0 Å². The van der Waals surface area contributed by atoms with E-state index in [9.17, 15) is 0 Å². The Morgan fingerprint density at radius 2 is 2.41 bits per heavy atom. The van der Waals surface area contributed by atoms with Crippen molar-refractivity contribution in [1.29, 1.82) is 0 Å². The van der Waals surface area contributed by atoms with E-state index in [4.69, 9.17) is 4.74 Å². The van der Waals surface area contributed by atoms with Gasteiger partial charge in [0, 0.05) is 40.3 Å². The van der Waals surface area contributed by atoms with Crippen LogP contribution in [0.4, 0.5) is 5.95 Å². The van der Waals surface area contributed by atoms with Gasteiger partial charge in [-0.3, -0.25) is 0 Å². The Kier molecular flexibility index (Phi) is 4.02. The molecule has 5 nitrogen and oxygen atoms in total. The molecular formula is C12H22N4O. The lowest BCUT2D eigenvalue weighted by atomic mass is 10.1. The third-order valence-corrected chi connectivity index (χ3v) is 3.19. The highest BCUT2D eigenvalue weighted by atomic mass is 16.5. The van der Waals surface area contributed by atoms with Crippen LogP contribution in [0.1, 0.15) is 18.5 Å². The zero-order chi connectivity index (χ0) is 12.3. The zero-order valence-corrected chi connectivity index (χ0v) is 10.9. The summed E-state index contributed by atoms with van der Waals surface area (Å²) < 4.78 is 7.57. The van der Waals surface area contributed by atoms with Gasteiger partial charge in [-0.15, -0.1) is 0 Å². The topological polar surface area (TPSA) is 42.3 Å². The van der Waals surface area contributed by atoms with Gasteiger partial charge in [0.05, 0.1) is 18.5 Å². The fraction of sp³-hybridized carbons (Fsp3) is 0.750. The van der Waals surface area contributed by atoms with E-state index in [1.807, 2.05) is 25.2 Å². The molecule has 1 saturated heterocycles. The standard InChI is InChI=1S/C12H22N4O/c1-15(2)12-14-8-11(16(12)3)7-13-10-5-4-6-17-9-10/h8,10,13H,4-7,9H2,1-3H3. The third-order valence-electron chi connectivity index (χ3n) is 3.19. The van der Waals surface area contributed by atoms with Crippen LogP contribution in [-0.4, -0.2) is 42.9 Å². The van der Waals surface area contributed by atoms with E-state index in [-0.39, 0.29) is 0 Å². The summed E-state index contributed by atoms with van der Waals surface area (Å²) in [6.07, 6.45) is 4.30. The van der Waals surface area contributed by atoms with E-state index in [0.717, 1.165) is 32.1 Å². The van der Waals surface area contributed by atoms with Crippen LogP contribution in [0.3, 0.4) is 0 Å². The fourth-order valence-corrected chi connectivity index (χ4v) is 2.16. The average Bonchev–Trinajstić information content (AvgIpc) is 2.69. The van der Waals surface area contributed by atoms with E-state index >= 15 is 0 Å². The van der Waals surface area contributed by atoms with Crippen LogP contribution in [0.2, 0.25) is 0 Å². The Labute approximate surface area is 103 Å². The maximum absolute atomic E-state index is 5.45. The quantitative estimate of drug-likeness (QED) is 0.841. The van der Waals surface area contributed by atoms with Gasteiger partial charge in [-0.05, 0) is 12.8 Å². The lowest BCUT2D eigenvalue weighted by Crippen LogP contribution is -2.36. The molecule has 1 atom stereocenters. The van der Waals surface area contributed by atoms with Crippen molar-refractivity contribution in [2.45, 2.75) is 25.4 Å². The van der Waals surface area contributed by atoms with Gasteiger partial charge in [-0.25, -0.2) is 4.98 Å². The molecule has 0 spiro atoms. The molecule has 0 amide bonds. The molecule has 1 aromatic heterocycles. The molecule has 0 saturated carbocycles. The third kappa shape index (κ3) is 2.98. The summed E-state index contributed by atoms with van der Waals surface area (Å²) in [5.74, 6) is 0.988. The minimum atomic E-state index is 0.487. The molecular weight excluding hydrogens is 216 g/mol. The number of aromatic nitrogens is 2. The molecule has 1 aliphatic rings. The summed E-state index contributed by atoms with van der Waals surface area (Å²) >= 11 is 0. The van der Waals surface area contributed by atoms with Crippen LogP contribution in [0.25, 0.3) is 0 Å². The summed E-state index contributed by atoms with van der Waals surface area (Å²) in [5.41, 5.74) is 1.21. The molecule has 1 unspecified atom stereocenters. The lowest BCUT2D eigenvalue weighted by Gasteiger charge is -2.23. The van der Waals surface area contributed by atoms with Crippen LogP contribution in [0.15, 0.2) is 6.20 Å². The van der Waals surface area contributed by atoms with Gasteiger partial charge in [0.2, 0.25) is 5.95 Å². The molecule has 2 heterocycles. The maximum Gasteiger partial charge on any atom is 0.204 e. The van der Waals surface area contributed by atoms with Gasteiger partial charge in [0.25, 0.3) is 0 Å². The average molecular weight is 238 g/mol. The van der Waals surface area contributed by atoms with E-state index < -0.39 is 0 Å². The molecule has 5 heteroatoms. The summed E-state index contributed by atoms with van der Waals surface area (Å²) in [6, 6.07) is 0.487. The van der Waals surface area contributed by atoms with E-state index in [2.05, 4.69) is 21.9 Å². The predicted octanol–water partition coefficient (Wildman–Crippen LogP) is 0.755. The smallest absolute Gasteiger partial charge is 0.204 e. The minimum absolute atomic E-state index is 0.487. The second-order valence-electron chi connectivity index (χ2n) is 4.80. The first-order valence-corrected chi connectivity index (χ1v) is 6.17. The highest BCUT2D eigenvalue weighted by molar-refractivity contribution is 5.30. The van der Waals surface area contributed by atoms with Crippen molar-refractivity contribution in [2.75, 3.05) is 32.2 Å². The Hall–Kier alpha value is -1.07. The van der Waals surface area contributed by atoms with Crippen molar-refractivity contribution < 1.29 is 4.74 Å². The number of hydrogen-bond acceptors (Lipinski definition) is 4. The van der Waals surface area contributed by atoms with Crippen LogP contribution in [-0.2, 0) is 18.3 Å². The second kappa shape index (κ2) is 5.51. The van der Waals surface area contributed by atoms with Crippen molar-refractivity contribution >= 4 is 5.95 Å². The summed E-state index contributed by atoms with van der Waals surface area (Å²) in [7, 11) is 6.07. The second-order valence-corrected chi connectivity index (χ2v) is 4.80. The Morgan fingerprint density at radius 3 is 3.00 bits per heavy atom. The zero-order valence-electron chi connectivity index (χ0n) is 10.9. The Bertz CT molecular complexity index is 355. The monoisotopic (exact) mass is 238 g/mol. The molecule has 1 aromatic rings. The molecule has 1 aliphatic heterocycles. The van der Waals surface area contributed by atoms with Crippen molar-refractivity contribution in [3.05, 3.63) is 11.9 Å². The minimum Gasteiger partial charge on any atom is -0.380 e. The first-order chi connectivity index (χ1) is 8.18. The van der Waals surface area contributed by atoms with Crippen LogP contribution >= 0.6 is 0 Å². The number of nitrogens with one attached hydrogen (secondary N) is 1. The van der Waals surface area contributed by atoms with Gasteiger partial charge < -0.3 is 19.5 Å². The van der Waals surface area contributed by atoms with Crippen molar-refractivity contribution in [3.8, 4) is 0 Å². The molecule has 96 valence electrons. The lowest BCUT2D eigenvalue weighted by molar-refractivity contribution is 0.0697. The number of nitrogens with zero attached hydrogens (tertiary/aromatic N) is 3. The van der Waals surface area contributed by atoms with E-state index in [0.29, 0.717) is 6.04 Å². The highest BCUT2D eigenvalue weighted by Crippen LogP contribution is 2.12. The molecule has 0 aromatic carbocycles. The van der Waals surface area contributed by atoms with E-state index in [1.54, 1.807) is 0 Å². The van der Waals surface area contributed by atoms with Gasteiger partial charge in [-0.2, -0.15) is 0 Å². The van der Waals surface area contributed by atoms with Crippen LogP contribution in [0.5, 0.6) is 0 Å². The first kappa shape index (κ1) is 12.4. The van der Waals surface area contributed by atoms with Gasteiger partial charge in [-0.1, -0.05) is 0 Å². The normalized spacial score (nSPS) is 20.5. The van der Waals surface area contributed by atoms with Gasteiger partial charge in [0.15, 0.2) is 0 Å². The molecule has 0 bridgehead atoms. The number of imidazole rings is 1. The molecule has 1 fully saturated rings. The number of ether oxygens (including phenoxy) is 1. The van der Waals surface area contributed by atoms with Crippen molar-refractivity contribution in [2.24, 2.45) is 7.05 Å². The SMILES string of the molecule is CN(C)c1ncc(CNC2CCCOC2)n1C.